The predicted molar refractivity (Wildman–Crippen MR) is 138 cm³/mol. The van der Waals surface area contributed by atoms with Crippen molar-refractivity contribution < 1.29 is 35.6 Å². The predicted octanol–water partition coefficient (Wildman–Crippen LogP) is 2.32. The molecule has 0 aliphatic carbocycles. The lowest BCUT2D eigenvalue weighted by Crippen LogP contribution is -3.00. The van der Waals surface area contributed by atoms with Crippen molar-refractivity contribution in [2.24, 2.45) is 0 Å². The van der Waals surface area contributed by atoms with Crippen molar-refractivity contribution in [1.29, 1.82) is 0 Å². The van der Waals surface area contributed by atoms with Gasteiger partial charge in [-0.1, -0.05) is 48.5 Å². The normalized spacial score (nSPS) is 10.8. The van der Waals surface area contributed by atoms with Crippen LogP contribution in [-0.2, 0) is 10.9 Å². The largest absolute Gasteiger partial charge is 1.00 e. The molecule has 0 spiro atoms. The molecule has 0 bridgehead atoms. The molecule has 4 rings (SSSR count). The molecule has 0 saturated carbocycles. The van der Waals surface area contributed by atoms with Crippen LogP contribution in [0.5, 0.6) is 5.75 Å². The van der Waals surface area contributed by atoms with Crippen LogP contribution in [0.25, 0.3) is 0 Å². The Hall–Kier alpha value is -3.01. The minimum Gasteiger partial charge on any atom is -1.00 e. The molecule has 3 nitrogen and oxygen atoms in total. The third kappa shape index (κ3) is 5.98. The average molecular weight is 553 g/mol. The summed E-state index contributed by atoms with van der Waals surface area (Å²) in [5, 5.41) is 3.72. The second kappa shape index (κ2) is 12.6. The Kier molecular flexibility index (Phi) is 9.59. The highest BCUT2D eigenvalue weighted by Gasteiger charge is 2.45. The van der Waals surface area contributed by atoms with Crippen LogP contribution >= 0.6 is 7.26 Å². The maximum atomic E-state index is 12.6. The monoisotopic (exact) mass is 552 g/mol. The molecule has 0 heterocycles. The third-order valence-corrected chi connectivity index (χ3v) is 10.2. The molecule has 0 aliphatic rings. The summed E-state index contributed by atoms with van der Waals surface area (Å²) in [5.74, 6) is 0.311. The van der Waals surface area contributed by atoms with E-state index >= 15 is 0 Å². The molecule has 4 aromatic rings. The topological polar surface area (TPSA) is 35.5 Å². The molecule has 180 valence electrons. The Morgan fingerprint density at radius 2 is 1.26 bits per heavy atom. The first-order valence-electron chi connectivity index (χ1n) is 11.1. The zero-order valence-electron chi connectivity index (χ0n) is 19.4. The van der Waals surface area contributed by atoms with E-state index in [1.165, 1.54) is 23.0 Å². The van der Waals surface area contributed by atoms with Gasteiger partial charge < -0.3 is 26.5 Å². The lowest BCUT2D eigenvalue weighted by atomic mass is 10.1. The van der Waals surface area contributed by atoms with Gasteiger partial charge in [0.1, 0.15) is 42.2 Å². The summed E-state index contributed by atoms with van der Waals surface area (Å²) in [7, 11) is -0.725. The average Bonchev–Trinajstić information content (AvgIpc) is 2.92. The van der Waals surface area contributed by atoms with E-state index in [9.17, 15) is 9.18 Å². The van der Waals surface area contributed by atoms with E-state index in [1.807, 2.05) is 48.5 Å². The Balaban J connectivity index is 0.00000342. The van der Waals surface area contributed by atoms with Gasteiger partial charge in [-0.25, -0.2) is 9.18 Å². The zero-order chi connectivity index (χ0) is 23.8. The second-order valence-corrected chi connectivity index (χ2v) is 11.3. The Labute approximate surface area is 217 Å². The number of benzene rings is 4. The highest BCUT2D eigenvalue weighted by molar-refractivity contribution is 7.95. The standard InChI is InChI=1S/C29H27FO3P.BrH/c1-32-29(31)24-14-12-23(13-15-24)22-34(26-8-4-2-5-9-26,27-10-6-3-7-11-27)28-18-16-25(17-19-28)33-21-20-30;/h2-19H,20-22H2,1H3;1H/q+1;/p-1. The van der Waals surface area contributed by atoms with Gasteiger partial charge in [-0.05, 0) is 66.2 Å². The molecule has 0 atom stereocenters. The van der Waals surface area contributed by atoms with E-state index in [1.54, 1.807) is 0 Å². The summed E-state index contributed by atoms with van der Waals surface area (Å²) in [6.45, 7) is -0.474. The maximum absolute atomic E-state index is 12.6. The number of rotatable bonds is 9. The van der Waals surface area contributed by atoms with E-state index in [2.05, 4.69) is 60.7 Å². The SMILES string of the molecule is COC(=O)c1ccc(C[P+](c2ccccc2)(c2ccccc2)c2ccc(OCCF)cc2)cc1.[Br-]. The minimum absolute atomic E-state index is 0. The molecule has 0 amide bonds. The number of halogens is 2. The fourth-order valence-electron chi connectivity index (χ4n) is 4.18. The van der Waals surface area contributed by atoms with Gasteiger partial charge in [-0.15, -0.1) is 0 Å². The van der Waals surface area contributed by atoms with Gasteiger partial charge in [0.25, 0.3) is 0 Å². The van der Waals surface area contributed by atoms with Gasteiger partial charge >= 0.3 is 5.97 Å². The number of alkyl halides is 1. The van der Waals surface area contributed by atoms with Crippen LogP contribution in [0.2, 0.25) is 0 Å². The van der Waals surface area contributed by atoms with Crippen LogP contribution < -0.4 is 37.6 Å². The van der Waals surface area contributed by atoms with Crippen LogP contribution in [0.1, 0.15) is 15.9 Å². The van der Waals surface area contributed by atoms with Gasteiger partial charge in [-0.3, -0.25) is 0 Å². The van der Waals surface area contributed by atoms with Crippen molar-refractivity contribution >= 4 is 29.1 Å². The van der Waals surface area contributed by atoms with Gasteiger partial charge in [0.2, 0.25) is 0 Å². The van der Waals surface area contributed by atoms with E-state index in [4.69, 9.17) is 9.47 Å². The summed E-state index contributed by atoms with van der Waals surface area (Å²) in [4.78, 5) is 11.9. The number of carbonyl (C=O) groups excluding carboxylic acids is 1. The molecule has 0 fully saturated rings. The molecule has 6 heteroatoms. The van der Waals surface area contributed by atoms with Crippen molar-refractivity contribution in [1.82, 2.24) is 0 Å². The Bertz CT molecular complexity index is 1160. The Morgan fingerprint density at radius 3 is 1.74 bits per heavy atom. The molecule has 0 saturated heterocycles. The van der Waals surface area contributed by atoms with Crippen LogP contribution in [0.15, 0.2) is 109 Å². The highest BCUT2D eigenvalue weighted by atomic mass is 79.9. The van der Waals surface area contributed by atoms with Gasteiger partial charge in [-0.2, -0.15) is 0 Å². The van der Waals surface area contributed by atoms with Gasteiger partial charge in [0.15, 0.2) is 0 Å². The van der Waals surface area contributed by atoms with E-state index in [0.717, 1.165) is 11.7 Å². The van der Waals surface area contributed by atoms with Crippen molar-refractivity contribution in [3.63, 3.8) is 0 Å². The van der Waals surface area contributed by atoms with E-state index < -0.39 is 13.9 Å². The molecule has 4 aromatic carbocycles. The first kappa shape index (κ1) is 26.6. The Morgan fingerprint density at radius 1 is 0.743 bits per heavy atom. The van der Waals surface area contributed by atoms with Gasteiger partial charge in [0, 0.05) is 0 Å². The lowest BCUT2D eigenvalue weighted by Gasteiger charge is -2.28. The molecular formula is C29H27BrFO3P. The highest BCUT2D eigenvalue weighted by Crippen LogP contribution is 2.58. The van der Waals surface area contributed by atoms with Crippen LogP contribution in [0, 0.1) is 0 Å². The van der Waals surface area contributed by atoms with Crippen molar-refractivity contribution in [2.75, 3.05) is 20.4 Å². The minimum atomic E-state index is -2.11. The van der Waals surface area contributed by atoms with Crippen LogP contribution in [0.4, 0.5) is 4.39 Å². The molecule has 0 unspecified atom stereocenters. The summed E-state index contributed by atoms with van der Waals surface area (Å²) in [5.41, 5.74) is 1.66. The smallest absolute Gasteiger partial charge is 0.337 e. The number of esters is 1. The first-order chi connectivity index (χ1) is 16.7. The molecule has 0 radical (unpaired) electrons. The maximum Gasteiger partial charge on any atom is 0.337 e. The number of carbonyl (C=O) groups is 1. The summed E-state index contributed by atoms with van der Waals surface area (Å²) >= 11 is 0. The number of ether oxygens (including phenoxy) is 2. The molecule has 0 aliphatic heterocycles. The fourth-order valence-corrected chi connectivity index (χ4v) is 8.40. The van der Waals surface area contributed by atoms with E-state index in [0.29, 0.717) is 11.3 Å². The molecule has 0 aromatic heterocycles. The number of hydrogen-bond acceptors (Lipinski definition) is 3. The van der Waals surface area contributed by atoms with Crippen molar-refractivity contribution in [3.8, 4) is 5.75 Å². The molecule has 35 heavy (non-hydrogen) atoms. The van der Waals surface area contributed by atoms with Crippen molar-refractivity contribution in [3.05, 3.63) is 120 Å². The second-order valence-electron chi connectivity index (χ2n) is 7.86. The molecular weight excluding hydrogens is 526 g/mol. The summed E-state index contributed by atoms with van der Waals surface area (Å²) in [6, 6.07) is 36.8. The summed E-state index contributed by atoms with van der Waals surface area (Å²) in [6.07, 6.45) is 0.785. The quantitative estimate of drug-likeness (QED) is 0.236. The number of methoxy groups -OCH3 is 1. The van der Waals surface area contributed by atoms with Crippen LogP contribution in [-0.4, -0.2) is 26.4 Å². The summed E-state index contributed by atoms with van der Waals surface area (Å²) < 4.78 is 22.9. The van der Waals surface area contributed by atoms with Gasteiger partial charge in [0.05, 0.1) is 18.8 Å². The van der Waals surface area contributed by atoms with E-state index in [-0.39, 0.29) is 29.6 Å². The fraction of sp³-hybridized carbons (Fsp3) is 0.138. The number of hydrogen-bond donors (Lipinski definition) is 0. The first-order valence-corrected chi connectivity index (χ1v) is 13.1. The van der Waals surface area contributed by atoms with Crippen LogP contribution in [0.3, 0.4) is 0 Å². The van der Waals surface area contributed by atoms with Crippen molar-refractivity contribution in [2.45, 2.75) is 6.16 Å². The zero-order valence-corrected chi connectivity index (χ0v) is 21.9. The molecule has 0 N–H and O–H groups in total. The lowest BCUT2D eigenvalue weighted by molar-refractivity contribution is -0.0000220. The third-order valence-electron chi connectivity index (χ3n) is 5.81.